The van der Waals surface area contributed by atoms with Gasteiger partial charge >= 0.3 is 0 Å². The van der Waals surface area contributed by atoms with Gasteiger partial charge in [-0.2, -0.15) is 0 Å². The average Bonchev–Trinajstić information content (AvgIpc) is 2.53. The fourth-order valence-electron chi connectivity index (χ4n) is 2.10. The highest BCUT2D eigenvalue weighted by Crippen LogP contribution is 2.28. The van der Waals surface area contributed by atoms with Crippen molar-refractivity contribution in [2.45, 2.75) is 26.5 Å². The van der Waals surface area contributed by atoms with E-state index >= 15 is 0 Å². The Kier molecular flexibility index (Phi) is 5.57. The van der Waals surface area contributed by atoms with Crippen LogP contribution in [0.25, 0.3) is 0 Å². The maximum absolute atomic E-state index is 13.6. The molecule has 1 N–H and O–H groups in total. The van der Waals surface area contributed by atoms with E-state index in [1.54, 1.807) is 31.4 Å². The molecule has 0 fully saturated rings. The van der Waals surface area contributed by atoms with Gasteiger partial charge in [-0.25, -0.2) is 4.39 Å². The first-order chi connectivity index (χ1) is 11.0. The summed E-state index contributed by atoms with van der Waals surface area (Å²) in [7, 11) is 1.56. The van der Waals surface area contributed by atoms with E-state index in [9.17, 15) is 9.18 Å². The van der Waals surface area contributed by atoms with Crippen molar-refractivity contribution in [3.05, 3.63) is 59.4 Å². The van der Waals surface area contributed by atoms with E-state index in [1.807, 2.05) is 19.9 Å². The van der Waals surface area contributed by atoms with Crippen LogP contribution < -0.4 is 14.8 Å². The van der Waals surface area contributed by atoms with Gasteiger partial charge in [0.05, 0.1) is 18.8 Å². The van der Waals surface area contributed by atoms with Gasteiger partial charge in [-0.15, -0.1) is 0 Å². The summed E-state index contributed by atoms with van der Waals surface area (Å²) in [4.78, 5) is 12.0. The SMILES string of the molecule is COc1cc(CNC(=O)c2ccccc2F)ccc1OC(C)C. The van der Waals surface area contributed by atoms with Gasteiger partial charge < -0.3 is 14.8 Å². The molecule has 0 heterocycles. The minimum absolute atomic E-state index is 0.0271. The van der Waals surface area contributed by atoms with Crippen LogP contribution in [0.4, 0.5) is 4.39 Å². The molecule has 0 radical (unpaired) electrons. The van der Waals surface area contributed by atoms with Crippen molar-refractivity contribution < 1.29 is 18.7 Å². The summed E-state index contributed by atoms with van der Waals surface area (Å²) in [5, 5.41) is 2.69. The van der Waals surface area contributed by atoms with Gasteiger partial charge in [0, 0.05) is 6.54 Å². The standard InChI is InChI=1S/C18H20FNO3/c1-12(2)23-16-9-8-13(10-17(16)22-3)11-20-18(21)14-6-4-5-7-15(14)19/h4-10,12H,11H2,1-3H3,(H,20,21). The van der Waals surface area contributed by atoms with Crippen molar-refractivity contribution >= 4 is 5.91 Å². The molecule has 0 saturated heterocycles. The number of hydrogen-bond donors (Lipinski definition) is 1. The van der Waals surface area contributed by atoms with Gasteiger partial charge in [0.2, 0.25) is 0 Å². The Balaban J connectivity index is 2.06. The van der Waals surface area contributed by atoms with Crippen LogP contribution in [0.2, 0.25) is 0 Å². The number of amides is 1. The zero-order valence-corrected chi connectivity index (χ0v) is 13.4. The normalized spacial score (nSPS) is 10.5. The van der Waals surface area contributed by atoms with Gasteiger partial charge in [0.15, 0.2) is 11.5 Å². The lowest BCUT2D eigenvalue weighted by Crippen LogP contribution is -2.23. The average molecular weight is 317 g/mol. The van der Waals surface area contributed by atoms with Crippen LogP contribution in [-0.4, -0.2) is 19.1 Å². The summed E-state index contributed by atoms with van der Waals surface area (Å²) in [6.45, 7) is 4.13. The molecule has 1 amide bonds. The molecule has 4 nitrogen and oxygen atoms in total. The maximum atomic E-state index is 13.6. The van der Waals surface area contributed by atoms with Crippen LogP contribution in [-0.2, 0) is 6.54 Å². The number of rotatable bonds is 6. The number of hydrogen-bond acceptors (Lipinski definition) is 3. The van der Waals surface area contributed by atoms with Gasteiger partial charge in [-0.05, 0) is 43.7 Å². The molecule has 0 aromatic heterocycles. The van der Waals surface area contributed by atoms with Crippen molar-refractivity contribution in [1.29, 1.82) is 0 Å². The second-order valence-corrected chi connectivity index (χ2v) is 5.31. The van der Waals surface area contributed by atoms with Crippen LogP contribution in [0.5, 0.6) is 11.5 Å². The maximum Gasteiger partial charge on any atom is 0.254 e. The van der Waals surface area contributed by atoms with E-state index in [0.29, 0.717) is 11.5 Å². The van der Waals surface area contributed by atoms with E-state index in [0.717, 1.165) is 5.56 Å². The second-order valence-electron chi connectivity index (χ2n) is 5.31. The highest BCUT2D eigenvalue weighted by molar-refractivity contribution is 5.94. The molecule has 0 saturated carbocycles. The summed E-state index contributed by atoms with van der Waals surface area (Å²) >= 11 is 0. The van der Waals surface area contributed by atoms with Crippen LogP contribution in [0.1, 0.15) is 29.8 Å². The Bertz CT molecular complexity index is 686. The third kappa shape index (κ3) is 4.45. The molecule has 5 heteroatoms. The fraction of sp³-hybridized carbons (Fsp3) is 0.278. The summed E-state index contributed by atoms with van der Waals surface area (Å²) in [6.07, 6.45) is 0.0375. The summed E-state index contributed by atoms with van der Waals surface area (Å²) < 4.78 is 24.5. The monoisotopic (exact) mass is 317 g/mol. The van der Waals surface area contributed by atoms with Crippen LogP contribution in [0.3, 0.4) is 0 Å². The molecule has 0 aliphatic carbocycles. The van der Waals surface area contributed by atoms with Crippen LogP contribution in [0, 0.1) is 5.82 Å². The summed E-state index contributed by atoms with van der Waals surface area (Å²) in [6, 6.07) is 11.3. The predicted molar refractivity (Wildman–Crippen MR) is 86.3 cm³/mol. The van der Waals surface area contributed by atoms with Crippen molar-refractivity contribution in [2.24, 2.45) is 0 Å². The van der Waals surface area contributed by atoms with Gasteiger partial charge in [0.25, 0.3) is 5.91 Å². The molecule has 23 heavy (non-hydrogen) atoms. The Labute approximate surface area is 135 Å². The van der Waals surface area contributed by atoms with Crippen molar-refractivity contribution in [2.75, 3.05) is 7.11 Å². The van der Waals surface area contributed by atoms with Crippen LogP contribution >= 0.6 is 0 Å². The number of carbonyl (C=O) groups excluding carboxylic acids is 1. The number of benzene rings is 2. The zero-order valence-electron chi connectivity index (χ0n) is 13.4. The number of methoxy groups -OCH3 is 1. The lowest BCUT2D eigenvalue weighted by Gasteiger charge is -2.14. The topological polar surface area (TPSA) is 47.6 Å². The molecule has 0 unspecified atom stereocenters. The number of ether oxygens (including phenoxy) is 2. The molecular formula is C18H20FNO3. The zero-order chi connectivity index (χ0) is 16.8. The van der Waals surface area contributed by atoms with E-state index < -0.39 is 11.7 Å². The first kappa shape index (κ1) is 16.8. The molecule has 0 atom stereocenters. The third-order valence-electron chi connectivity index (χ3n) is 3.16. The van der Waals surface area contributed by atoms with Gasteiger partial charge in [0.1, 0.15) is 5.82 Å². The number of nitrogens with one attached hydrogen (secondary N) is 1. The minimum Gasteiger partial charge on any atom is -0.493 e. The lowest BCUT2D eigenvalue weighted by atomic mass is 10.1. The molecule has 0 bridgehead atoms. The predicted octanol–water partition coefficient (Wildman–Crippen LogP) is 3.55. The van der Waals surface area contributed by atoms with E-state index in [1.165, 1.54) is 12.1 Å². The van der Waals surface area contributed by atoms with E-state index in [2.05, 4.69) is 5.32 Å². The molecule has 2 aromatic rings. The van der Waals surface area contributed by atoms with Gasteiger partial charge in [-0.1, -0.05) is 18.2 Å². The van der Waals surface area contributed by atoms with E-state index in [-0.39, 0.29) is 18.2 Å². The molecule has 2 aromatic carbocycles. The van der Waals surface area contributed by atoms with Gasteiger partial charge in [-0.3, -0.25) is 4.79 Å². The highest BCUT2D eigenvalue weighted by Gasteiger charge is 2.11. The first-order valence-electron chi connectivity index (χ1n) is 7.37. The Morgan fingerprint density at radius 3 is 2.57 bits per heavy atom. The molecule has 0 aliphatic rings. The van der Waals surface area contributed by atoms with Crippen LogP contribution in [0.15, 0.2) is 42.5 Å². The Morgan fingerprint density at radius 1 is 1.17 bits per heavy atom. The largest absolute Gasteiger partial charge is 0.493 e. The Hall–Kier alpha value is -2.56. The fourth-order valence-corrected chi connectivity index (χ4v) is 2.10. The number of halogens is 1. The second kappa shape index (κ2) is 7.63. The minimum atomic E-state index is -0.539. The highest BCUT2D eigenvalue weighted by atomic mass is 19.1. The molecule has 122 valence electrons. The smallest absolute Gasteiger partial charge is 0.254 e. The van der Waals surface area contributed by atoms with E-state index in [4.69, 9.17) is 9.47 Å². The molecule has 0 aliphatic heterocycles. The van der Waals surface area contributed by atoms with Crippen molar-refractivity contribution in [1.82, 2.24) is 5.32 Å². The van der Waals surface area contributed by atoms with Crippen molar-refractivity contribution in [3.8, 4) is 11.5 Å². The first-order valence-corrected chi connectivity index (χ1v) is 7.37. The van der Waals surface area contributed by atoms with Crippen molar-refractivity contribution in [3.63, 3.8) is 0 Å². The molecule has 0 spiro atoms. The lowest BCUT2D eigenvalue weighted by molar-refractivity contribution is 0.0947. The number of carbonyl (C=O) groups is 1. The molecular weight excluding hydrogens is 297 g/mol. The molecule has 2 rings (SSSR count). The Morgan fingerprint density at radius 2 is 1.91 bits per heavy atom. The third-order valence-corrected chi connectivity index (χ3v) is 3.16. The summed E-state index contributed by atoms with van der Waals surface area (Å²) in [5.74, 6) is 0.246. The quantitative estimate of drug-likeness (QED) is 0.886. The summed E-state index contributed by atoms with van der Waals surface area (Å²) in [5.41, 5.74) is 0.863.